The molecule has 0 radical (unpaired) electrons. The maximum absolute atomic E-state index is 13.0. The largest absolute Gasteiger partial charge is 0.497 e. The molecule has 0 atom stereocenters. The van der Waals surface area contributed by atoms with Crippen molar-refractivity contribution in [1.29, 1.82) is 0 Å². The molecule has 1 aliphatic rings. The van der Waals surface area contributed by atoms with Gasteiger partial charge in [0, 0.05) is 26.2 Å². The fourth-order valence-electron chi connectivity index (χ4n) is 3.28. The van der Waals surface area contributed by atoms with Gasteiger partial charge in [-0.3, -0.25) is 4.79 Å². The summed E-state index contributed by atoms with van der Waals surface area (Å²) < 4.78 is 33.8. The van der Waals surface area contributed by atoms with E-state index in [1.54, 1.807) is 7.11 Å². The molecule has 1 heterocycles. The summed E-state index contributed by atoms with van der Waals surface area (Å²) in [6.45, 7) is 3.25. The monoisotopic (exact) mass is 417 g/mol. The molecule has 0 unspecified atom stereocenters. The van der Waals surface area contributed by atoms with E-state index in [0.29, 0.717) is 32.6 Å². The van der Waals surface area contributed by atoms with Crippen molar-refractivity contribution in [2.75, 3.05) is 26.7 Å². The van der Waals surface area contributed by atoms with E-state index in [-0.39, 0.29) is 12.5 Å². The minimum Gasteiger partial charge on any atom is -0.497 e. The first-order valence-corrected chi connectivity index (χ1v) is 11.0. The average Bonchev–Trinajstić information content (AvgIpc) is 2.71. The molecule has 1 aliphatic heterocycles. The lowest BCUT2D eigenvalue weighted by Crippen LogP contribution is -2.52. The van der Waals surface area contributed by atoms with Crippen molar-refractivity contribution in [3.05, 3.63) is 65.2 Å². The highest BCUT2D eigenvalue weighted by Crippen LogP contribution is 2.20. The molecule has 1 fully saturated rings. The van der Waals surface area contributed by atoms with Gasteiger partial charge in [0.1, 0.15) is 5.75 Å². The molecule has 8 heteroatoms. The van der Waals surface area contributed by atoms with Crippen LogP contribution in [0, 0.1) is 6.92 Å². The summed E-state index contributed by atoms with van der Waals surface area (Å²) in [6.07, 6.45) is 0.691. The van der Waals surface area contributed by atoms with Crippen molar-refractivity contribution in [2.45, 2.75) is 26.4 Å². The fraction of sp³-hybridized carbons (Fsp3) is 0.381. The van der Waals surface area contributed by atoms with E-state index in [0.717, 1.165) is 22.4 Å². The van der Waals surface area contributed by atoms with Crippen molar-refractivity contribution in [2.24, 2.45) is 0 Å². The molecule has 156 valence electrons. The molecule has 0 spiro atoms. The number of carbonyl (C=O) groups excluding carboxylic acids is 1. The number of hydrogen-bond acceptors (Lipinski definition) is 4. The molecular weight excluding hydrogens is 390 g/mol. The van der Waals surface area contributed by atoms with Crippen LogP contribution >= 0.6 is 0 Å². The molecule has 0 aromatic heterocycles. The van der Waals surface area contributed by atoms with Crippen LogP contribution < -0.4 is 10.1 Å². The lowest BCUT2D eigenvalue weighted by atomic mass is 10.1. The molecule has 1 amide bonds. The molecule has 2 aromatic carbocycles. The quantitative estimate of drug-likeness (QED) is 0.748. The van der Waals surface area contributed by atoms with Crippen molar-refractivity contribution < 1.29 is 17.9 Å². The minimum atomic E-state index is -3.68. The lowest BCUT2D eigenvalue weighted by molar-refractivity contribution is -0.121. The third-order valence-corrected chi connectivity index (χ3v) is 6.97. The predicted molar refractivity (Wildman–Crippen MR) is 112 cm³/mol. The Bertz CT molecular complexity index is 945. The Hall–Kier alpha value is -2.42. The molecule has 0 aliphatic carbocycles. The van der Waals surface area contributed by atoms with Crippen LogP contribution in [0.1, 0.15) is 23.1 Å². The second kappa shape index (κ2) is 9.39. The SMILES string of the molecule is COc1ccc(CNC(=O)CN2CCCN(Cc3ccccc3C)S2(=O)=O)cc1. The van der Waals surface area contributed by atoms with Gasteiger partial charge in [-0.1, -0.05) is 36.4 Å². The summed E-state index contributed by atoms with van der Waals surface area (Å²) in [5.74, 6) is 0.426. The lowest BCUT2D eigenvalue weighted by Gasteiger charge is -2.34. The topological polar surface area (TPSA) is 79.0 Å². The van der Waals surface area contributed by atoms with E-state index in [2.05, 4.69) is 5.32 Å². The Balaban J connectivity index is 1.59. The first kappa shape index (κ1) is 21.3. The number of rotatable bonds is 7. The van der Waals surface area contributed by atoms with Gasteiger partial charge in [-0.2, -0.15) is 17.0 Å². The Morgan fingerprint density at radius 2 is 1.76 bits per heavy atom. The van der Waals surface area contributed by atoms with Crippen LogP contribution in [-0.4, -0.2) is 49.7 Å². The summed E-state index contributed by atoms with van der Waals surface area (Å²) >= 11 is 0. The van der Waals surface area contributed by atoms with Crippen LogP contribution in [0.2, 0.25) is 0 Å². The normalized spacial score (nSPS) is 17.0. The number of ether oxygens (including phenoxy) is 1. The van der Waals surface area contributed by atoms with Gasteiger partial charge in [0.2, 0.25) is 5.91 Å². The predicted octanol–water partition coefficient (Wildman–Crippen LogP) is 2.07. The molecular formula is C21H27N3O4S. The second-order valence-electron chi connectivity index (χ2n) is 7.08. The average molecular weight is 418 g/mol. The molecule has 7 nitrogen and oxygen atoms in total. The third kappa shape index (κ3) is 5.35. The second-order valence-corrected chi connectivity index (χ2v) is 9.01. The number of carbonyl (C=O) groups is 1. The highest BCUT2D eigenvalue weighted by atomic mass is 32.2. The van der Waals surface area contributed by atoms with Crippen LogP contribution in [-0.2, 0) is 28.1 Å². The molecule has 0 bridgehead atoms. The smallest absolute Gasteiger partial charge is 0.282 e. The Morgan fingerprint density at radius 3 is 2.45 bits per heavy atom. The number of aryl methyl sites for hydroxylation is 1. The molecule has 0 saturated carbocycles. The summed E-state index contributed by atoms with van der Waals surface area (Å²) in [5, 5.41) is 2.79. The van der Waals surface area contributed by atoms with Crippen molar-refractivity contribution >= 4 is 16.1 Å². The highest BCUT2D eigenvalue weighted by molar-refractivity contribution is 7.86. The van der Waals surface area contributed by atoms with Crippen LogP contribution in [0.4, 0.5) is 0 Å². The molecule has 1 saturated heterocycles. The van der Waals surface area contributed by atoms with Crippen LogP contribution in [0.15, 0.2) is 48.5 Å². The zero-order chi connectivity index (χ0) is 20.9. The van der Waals surface area contributed by atoms with E-state index in [1.165, 1.54) is 8.61 Å². The van der Waals surface area contributed by atoms with Crippen LogP contribution in [0.25, 0.3) is 0 Å². The third-order valence-electron chi connectivity index (χ3n) is 5.04. The Morgan fingerprint density at radius 1 is 1.07 bits per heavy atom. The number of nitrogens with one attached hydrogen (secondary N) is 1. The van der Waals surface area contributed by atoms with Gasteiger partial charge in [-0.05, 0) is 42.2 Å². The van der Waals surface area contributed by atoms with Gasteiger partial charge in [0.25, 0.3) is 10.2 Å². The van der Waals surface area contributed by atoms with Gasteiger partial charge in [-0.15, -0.1) is 0 Å². The summed E-state index contributed by atoms with van der Waals surface area (Å²) in [4.78, 5) is 12.4. The Kier molecular flexibility index (Phi) is 6.89. The van der Waals surface area contributed by atoms with Gasteiger partial charge in [-0.25, -0.2) is 0 Å². The van der Waals surface area contributed by atoms with Crippen molar-refractivity contribution in [1.82, 2.24) is 13.9 Å². The molecule has 2 aromatic rings. The zero-order valence-corrected chi connectivity index (χ0v) is 17.6. The summed E-state index contributed by atoms with van der Waals surface area (Å²) in [6, 6.07) is 15.1. The number of nitrogens with zero attached hydrogens (tertiary/aromatic N) is 2. The molecule has 1 N–H and O–H groups in total. The Labute approximate surface area is 172 Å². The van der Waals surface area contributed by atoms with Gasteiger partial charge in [0.05, 0.1) is 13.7 Å². The van der Waals surface area contributed by atoms with E-state index in [1.807, 2.05) is 55.5 Å². The van der Waals surface area contributed by atoms with Gasteiger partial charge in [0.15, 0.2) is 0 Å². The fourth-order valence-corrected chi connectivity index (χ4v) is 4.91. The minimum absolute atomic E-state index is 0.178. The van der Waals surface area contributed by atoms with E-state index in [4.69, 9.17) is 4.74 Å². The maximum atomic E-state index is 13.0. The number of benzene rings is 2. The van der Waals surface area contributed by atoms with Gasteiger partial charge < -0.3 is 10.1 Å². The molecule has 3 rings (SSSR count). The van der Waals surface area contributed by atoms with Crippen LogP contribution in [0.5, 0.6) is 5.75 Å². The maximum Gasteiger partial charge on any atom is 0.282 e. The van der Waals surface area contributed by atoms with Crippen LogP contribution in [0.3, 0.4) is 0 Å². The van der Waals surface area contributed by atoms with E-state index in [9.17, 15) is 13.2 Å². The first-order chi connectivity index (χ1) is 13.9. The first-order valence-electron chi connectivity index (χ1n) is 9.59. The van der Waals surface area contributed by atoms with Crippen molar-refractivity contribution in [3.8, 4) is 5.75 Å². The highest BCUT2D eigenvalue weighted by Gasteiger charge is 2.34. The summed E-state index contributed by atoms with van der Waals surface area (Å²) in [5.41, 5.74) is 2.95. The zero-order valence-electron chi connectivity index (χ0n) is 16.8. The number of hydrogen-bond donors (Lipinski definition) is 1. The summed E-state index contributed by atoms with van der Waals surface area (Å²) in [7, 11) is -2.08. The van der Waals surface area contributed by atoms with Crippen molar-refractivity contribution in [3.63, 3.8) is 0 Å². The number of amides is 1. The molecule has 29 heavy (non-hydrogen) atoms. The van der Waals surface area contributed by atoms with E-state index >= 15 is 0 Å². The standard InChI is InChI=1S/C21H27N3O4S/c1-17-6-3-4-7-19(17)15-23-12-5-13-24(29(23,26)27)16-21(25)22-14-18-8-10-20(28-2)11-9-18/h3-4,6-11H,5,12-16H2,1-2H3,(H,22,25). The van der Waals surface area contributed by atoms with Gasteiger partial charge >= 0.3 is 0 Å². The number of methoxy groups -OCH3 is 1. The van der Waals surface area contributed by atoms with E-state index < -0.39 is 10.2 Å².